The average molecular weight is 280 g/mol. The maximum Gasteiger partial charge on any atom is 0.126 e. The molecule has 0 unspecified atom stereocenters. The molecule has 0 spiro atoms. The molecule has 0 bridgehead atoms. The number of benzene rings is 2. The molecular weight excluding hydrogens is 256 g/mol. The van der Waals surface area contributed by atoms with Crippen LogP contribution in [0, 0.1) is 0 Å². The summed E-state index contributed by atoms with van der Waals surface area (Å²) in [5.74, 6) is 2.15. The van der Waals surface area contributed by atoms with Crippen molar-refractivity contribution in [2.24, 2.45) is 0 Å². The van der Waals surface area contributed by atoms with Crippen LogP contribution in [0.15, 0.2) is 30.3 Å². The molecule has 0 radical (unpaired) electrons. The lowest BCUT2D eigenvalue weighted by Gasteiger charge is -2.15. The monoisotopic (exact) mass is 280 g/mol. The van der Waals surface area contributed by atoms with Crippen molar-refractivity contribution in [1.29, 1.82) is 0 Å². The number of fused-ring (bicyclic) bond motifs is 3. The van der Waals surface area contributed by atoms with Gasteiger partial charge in [-0.3, -0.25) is 0 Å². The van der Waals surface area contributed by atoms with E-state index in [0.29, 0.717) is 11.8 Å². The van der Waals surface area contributed by atoms with E-state index in [4.69, 9.17) is 4.74 Å². The zero-order chi connectivity index (χ0) is 15.1. The Morgan fingerprint density at radius 1 is 0.905 bits per heavy atom. The molecule has 0 heterocycles. The van der Waals surface area contributed by atoms with Crippen molar-refractivity contribution in [1.82, 2.24) is 0 Å². The minimum absolute atomic E-state index is 0.486. The van der Waals surface area contributed by atoms with Gasteiger partial charge in [-0.15, -0.1) is 0 Å². The second-order valence-electron chi connectivity index (χ2n) is 6.62. The Kier molecular flexibility index (Phi) is 3.52. The molecule has 1 nitrogen and oxygen atoms in total. The van der Waals surface area contributed by atoms with E-state index in [1.165, 1.54) is 33.4 Å². The van der Waals surface area contributed by atoms with E-state index in [0.717, 1.165) is 12.2 Å². The van der Waals surface area contributed by atoms with E-state index in [9.17, 15) is 0 Å². The third-order valence-electron chi connectivity index (χ3n) is 4.57. The zero-order valence-corrected chi connectivity index (χ0v) is 13.7. The Labute approximate surface area is 128 Å². The Morgan fingerprint density at radius 3 is 2.24 bits per heavy atom. The van der Waals surface area contributed by atoms with Gasteiger partial charge in [-0.1, -0.05) is 58.0 Å². The van der Waals surface area contributed by atoms with Gasteiger partial charge < -0.3 is 4.74 Å². The second-order valence-corrected chi connectivity index (χ2v) is 6.62. The van der Waals surface area contributed by atoms with Gasteiger partial charge in [-0.05, 0) is 39.7 Å². The van der Waals surface area contributed by atoms with Gasteiger partial charge in [-0.2, -0.15) is 0 Å². The first kappa shape index (κ1) is 14.2. The van der Waals surface area contributed by atoms with Gasteiger partial charge in [-0.25, -0.2) is 0 Å². The number of rotatable bonds is 3. The third-order valence-corrected chi connectivity index (χ3v) is 4.57. The SMILES string of the molecule is COc1c(C(C)C)ccc2c1Cc1cc(C(C)C)ccc1-2. The molecule has 110 valence electrons. The van der Waals surface area contributed by atoms with E-state index in [1.807, 2.05) is 0 Å². The average Bonchev–Trinajstić information content (AvgIpc) is 2.83. The summed E-state index contributed by atoms with van der Waals surface area (Å²) in [6, 6.07) is 11.4. The van der Waals surface area contributed by atoms with Gasteiger partial charge >= 0.3 is 0 Å². The quantitative estimate of drug-likeness (QED) is 0.614. The van der Waals surface area contributed by atoms with E-state index >= 15 is 0 Å². The van der Waals surface area contributed by atoms with Crippen molar-refractivity contribution < 1.29 is 4.74 Å². The van der Waals surface area contributed by atoms with Crippen LogP contribution >= 0.6 is 0 Å². The van der Waals surface area contributed by atoms with Crippen molar-refractivity contribution in [3.63, 3.8) is 0 Å². The molecule has 0 amide bonds. The summed E-state index contributed by atoms with van der Waals surface area (Å²) in [7, 11) is 1.80. The van der Waals surface area contributed by atoms with Crippen LogP contribution in [0.25, 0.3) is 11.1 Å². The van der Waals surface area contributed by atoms with Crippen LogP contribution < -0.4 is 4.74 Å². The van der Waals surface area contributed by atoms with Crippen LogP contribution in [0.3, 0.4) is 0 Å². The molecule has 2 aromatic carbocycles. The molecule has 3 rings (SSSR count). The van der Waals surface area contributed by atoms with Crippen molar-refractivity contribution in [2.45, 2.75) is 46.0 Å². The van der Waals surface area contributed by atoms with E-state index in [-0.39, 0.29) is 0 Å². The highest BCUT2D eigenvalue weighted by Gasteiger charge is 2.24. The minimum Gasteiger partial charge on any atom is -0.496 e. The highest BCUT2D eigenvalue weighted by atomic mass is 16.5. The largest absolute Gasteiger partial charge is 0.496 e. The fraction of sp³-hybridized carbons (Fsp3) is 0.400. The lowest BCUT2D eigenvalue weighted by atomic mass is 9.95. The molecule has 1 heteroatoms. The number of hydrogen-bond donors (Lipinski definition) is 0. The number of hydrogen-bond acceptors (Lipinski definition) is 1. The van der Waals surface area contributed by atoms with Crippen molar-refractivity contribution in [2.75, 3.05) is 7.11 Å². The van der Waals surface area contributed by atoms with Crippen molar-refractivity contribution in [3.8, 4) is 16.9 Å². The summed E-state index contributed by atoms with van der Waals surface area (Å²) in [5.41, 5.74) is 8.26. The van der Waals surface area contributed by atoms with Gasteiger partial charge in [0, 0.05) is 12.0 Å². The van der Waals surface area contributed by atoms with Crippen LogP contribution in [0.4, 0.5) is 0 Å². The van der Waals surface area contributed by atoms with Gasteiger partial charge in [0.05, 0.1) is 7.11 Å². The van der Waals surface area contributed by atoms with Crippen LogP contribution in [-0.4, -0.2) is 7.11 Å². The topological polar surface area (TPSA) is 9.23 Å². The molecule has 0 N–H and O–H groups in total. The second kappa shape index (κ2) is 5.22. The molecule has 21 heavy (non-hydrogen) atoms. The molecule has 1 aliphatic carbocycles. The summed E-state index contributed by atoms with van der Waals surface area (Å²) in [5, 5.41) is 0. The van der Waals surface area contributed by atoms with Gasteiger partial charge in [0.1, 0.15) is 5.75 Å². The fourth-order valence-electron chi connectivity index (χ4n) is 3.34. The molecule has 2 aromatic rings. The standard InChI is InChI=1S/C20H24O/c1-12(2)14-6-7-17-15(10-14)11-19-18(17)9-8-16(13(3)4)20(19)21-5/h6-10,12-13H,11H2,1-5H3. The van der Waals surface area contributed by atoms with Crippen molar-refractivity contribution in [3.05, 3.63) is 52.6 Å². The van der Waals surface area contributed by atoms with Crippen LogP contribution in [-0.2, 0) is 6.42 Å². The highest BCUT2D eigenvalue weighted by molar-refractivity contribution is 5.80. The summed E-state index contributed by atoms with van der Waals surface area (Å²) < 4.78 is 5.76. The molecule has 0 atom stereocenters. The normalized spacial score (nSPS) is 12.7. The van der Waals surface area contributed by atoms with E-state index in [1.54, 1.807) is 7.11 Å². The zero-order valence-electron chi connectivity index (χ0n) is 13.7. The Bertz CT molecular complexity index is 680. The Balaban J connectivity index is 2.14. The Hall–Kier alpha value is -1.76. The third kappa shape index (κ3) is 2.25. The summed E-state index contributed by atoms with van der Waals surface area (Å²) in [6.07, 6.45) is 0.995. The van der Waals surface area contributed by atoms with Crippen LogP contribution in [0.1, 0.15) is 61.8 Å². The lowest BCUT2D eigenvalue weighted by molar-refractivity contribution is 0.404. The molecule has 0 saturated carbocycles. The summed E-state index contributed by atoms with van der Waals surface area (Å²) in [4.78, 5) is 0. The first-order chi connectivity index (χ1) is 10.0. The van der Waals surface area contributed by atoms with E-state index < -0.39 is 0 Å². The first-order valence-corrected chi connectivity index (χ1v) is 7.85. The van der Waals surface area contributed by atoms with Gasteiger partial charge in [0.15, 0.2) is 0 Å². The first-order valence-electron chi connectivity index (χ1n) is 7.85. The predicted octanol–water partition coefficient (Wildman–Crippen LogP) is 5.51. The van der Waals surface area contributed by atoms with Crippen molar-refractivity contribution >= 4 is 0 Å². The molecule has 1 aliphatic rings. The highest BCUT2D eigenvalue weighted by Crippen LogP contribution is 2.44. The lowest BCUT2D eigenvalue weighted by Crippen LogP contribution is -1.98. The Morgan fingerprint density at radius 2 is 1.62 bits per heavy atom. The number of methoxy groups -OCH3 is 1. The van der Waals surface area contributed by atoms with Gasteiger partial charge in [0.25, 0.3) is 0 Å². The number of ether oxygens (including phenoxy) is 1. The molecule has 0 aromatic heterocycles. The molecular formula is C20H24O. The predicted molar refractivity (Wildman–Crippen MR) is 89.4 cm³/mol. The van der Waals surface area contributed by atoms with E-state index in [2.05, 4.69) is 58.0 Å². The van der Waals surface area contributed by atoms with Gasteiger partial charge in [0.2, 0.25) is 0 Å². The molecule has 0 saturated heterocycles. The summed E-state index contributed by atoms with van der Waals surface area (Å²) in [6.45, 7) is 8.95. The summed E-state index contributed by atoms with van der Waals surface area (Å²) >= 11 is 0. The fourth-order valence-corrected chi connectivity index (χ4v) is 3.34. The smallest absolute Gasteiger partial charge is 0.126 e. The molecule has 0 aliphatic heterocycles. The van der Waals surface area contributed by atoms with Crippen LogP contribution in [0.5, 0.6) is 5.75 Å². The molecule has 0 fully saturated rings. The maximum atomic E-state index is 5.76. The maximum absolute atomic E-state index is 5.76. The minimum atomic E-state index is 0.486. The van der Waals surface area contributed by atoms with Crippen LogP contribution in [0.2, 0.25) is 0 Å².